The van der Waals surface area contributed by atoms with E-state index in [-0.39, 0.29) is 11.8 Å². The van der Waals surface area contributed by atoms with Gasteiger partial charge in [-0.2, -0.15) is 0 Å². The molecule has 1 aliphatic rings. The third-order valence-electron chi connectivity index (χ3n) is 6.94. The molecule has 0 aliphatic carbocycles. The largest absolute Gasteiger partial charge is 0.491 e. The summed E-state index contributed by atoms with van der Waals surface area (Å²) < 4.78 is 8.57. The smallest absolute Gasteiger partial charge is 0.227 e. The summed E-state index contributed by atoms with van der Waals surface area (Å²) in [4.78, 5) is 19.9. The van der Waals surface area contributed by atoms with Crippen LogP contribution in [0.5, 0.6) is 5.75 Å². The first-order valence-corrected chi connectivity index (χ1v) is 12.5. The third-order valence-corrected chi connectivity index (χ3v) is 6.94. The van der Waals surface area contributed by atoms with Crippen LogP contribution in [-0.2, 0) is 11.3 Å². The van der Waals surface area contributed by atoms with Crippen molar-refractivity contribution < 1.29 is 9.53 Å². The highest BCUT2D eigenvalue weighted by atomic mass is 16.5. The van der Waals surface area contributed by atoms with Gasteiger partial charge in [0, 0.05) is 24.6 Å². The van der Waals surface area contributed by atoms with Gasteiger partial charge in [0.1, 0.15) is 18.2 Å². The Labute approximate surface area is 207 Å². The van der Waals surface area contributed by atoms with Crippen LogP contribution in [-0.4, -0.2) is 28.6 Å². The SMILES string of the molecule is Cc1ccc(C(C)C)c(OCCn2c(C3CC(=O)N(c4ccccc4C)C3)nc3ccccc32)c1. The van der Waals surface area contributed by atoms with E-state index >= 15 is 0 Å². The fraction of sp³-hybridized carbons (Fsp3) is 0.333. The van der Waals surface area contributed by atoms with Gasteiger partial charge >= 0.3 is 0 Å². The molecule has 0 spiro atoms. The molecule has 5 rings (SSSR count). The van der Waals surface area contributed by atoms with E-state index in [0.717, 1.165) is 33.9 Å². The van der Waals surface area contributed by atoms with Crippen molar-refractivity contribution in [3.05, 3.63) is 89.2 Å². The molecular formula is C30H33N3O2. The first-order valence-electron chi connectivity index (χ1n) is 12.5. The third kappa shape index (κ3) is 4.55. The maximum absolute atomic E-state index is 13.0. The van der Waals surface area contributed by atoms with Crippen LogP contribution in [0.3, 0.4) is 0 Å². The number of ether oxygens (including phenoxy) is 1. The summed E-state index contributed by atoms with van der Waals surface area (Å²) in [6.07, 6.45) is 0.466. The molecule has 180 valence electrons. The molecule has 1 amide bonds. The van der Waals surface area contributed by atoms with Crippen molar-refractivity contribution in [3.63, 3.8) is 0 Å². The van der Waals surface area contributed by atoms with Crippen LogP contribution in [0.2, 0.25) is 0 Å². The molecule has 5 nitrogen and oxygen atoms in total. The molecule has 1 aromatic heterocycles. The zero-order valence-electron chi connectivity index (χ0n) is 21.0. The van der Waals surface area contributed by atoms with E-state index in [0.29, 0.717) is 32.0 Å². The number of fused-ring (bicyclic) bond motifs is 1. The van der Waals surface area contributed by atoms with Gasteiger partial charge in [-0.3, -0.25) is 4.79 Å². The molecule has 0 N–H and O–H groups in total. The number of rotatable bonds is 7. The fourth-order valence-corrected chi connectivity index (χ4v) is 5.11. The second-order valence-electron chi connectivity index (χ2n) is 9.85. The molecule has 0 radical (unpaired) electrons. The maximum Gasteiger partial charge on any atom is 0.227 e. The Morgan fingerprint density at radius 1 is 1.03 bits per heavy atom. The summed E-state index contributed by atoms with van der Waals surface area (Å²) >= 11 is 0. The van der Waals surface area contributed by atoms with Crippen LogP contribution in [0.1, 0.15) is 54.6 Å². The highest BCUT2D eigenvalue weighted by Crippen LogP contribution is 2.34. The van der Waals surface area contributed by atoms with Crippen LogP contribution in [0.25, 0.3) is 11.0 Å². The number of hydrogen-bond acceptors (Lipinski definition) is 3. The van der Waals surface area contributed by atoms with Crippen molar-refractivity contribution >= 4 is 22.6 Å². The van der Waals surface area contributed by atoms with Crippen molar-refractivity contribution in [1.29, 1.82) is 0 Å². The Balaban J connectivity index is 1.41. The van der Waals surface area contributed by atoms with E-state index in [4.69, 9.17) is 9.72 Å². The Hall–Kier alpha value is -3.60. The summed E-state index contributed by atoms with van der Waals surface area (Å²) in [6.45, 7) is 10.4. The lowest BCUT2D eigenvalue weighted by Crippen LogP contribution is -2.25. The molecule has 5 heteroatoms. The molecule has 3 aromatic carbocycles. The number of aryl methyl sites for hydroxylation is 2. The zero-order chi connectivity index (χ0) is 24.5. The Kier molecular flexibility index (Phi) is 6.33. The number of para-hydroxylation sites is 3. The van der Waals surface area contributed by atoms with Gasteiger partial charge in [-0.25, -0.2) is 4.98 Å². The zero-order valence-corrected chi connectivity index (χ0v) is 21.0. The van der Waals surface area contributed by atoms with Gasteiger partial charge in [0.25, 0.3) is 0 Å². The summed E-state index contributed by atoms with van der Waals surface area (Å²) in [6, 6.07) is 22.7. The monoisotopic (exact) mass is 467 g/mol. The van der Waals surface area contributed by atoms with Gasteiger partial charge in [0.05, 0.1) is 17.6 Å². The molecule has 35 heavy (non-hydrogen) atoms. The highest BCUT2D eigenvalue weighted by molar-refractivity contribution is 5.97. The molecular weight excluding hydrogens is 434 g/mol. The first kappa shape index (κ1) is 23.2. The topological polar surface area (TPSA) is 47.4 Å². The van der Waals surface area contributed by atoms with E-state index in [2.05, 4.69) is 62.6 Å². The predicted octanol–water partition coefficient (Wildman–Crippen LogP) is 6.38. The number of aromatic nitrogens is 2. The van der Waals surface area contributed by atoms with Crippen molar-refractivity contribution in [2.24, 2.45) is 0 Å². The highest BCUT2D eigenvalue weighted by Gasteiger charge is 2.35. The lowest BCUT2D eigenvalue weighted by molar-refractivity contribution is -0.117. The first-order chi connectivity index (χ1) is 16.9. The molecule has 1 aliphatic heterocycles. The number of hydrogen-bond donors (Lipinski definition) is 0. The number of nitrogens with zero attached hydrogens (tertiary/aromatic N) is 3. The maximum atomic E-state index is 13.0. The molecule has 1 unspecified atom stereocenters. The van der Waals surface area contributed by atoms with Crippen LogP contribution < -0.4 is 9.64 Å². The van der Waals surface area contributed by atoms with Gasteiger partial charge in [-0.15, -0.1) is 0 Å². The van der Waals surface area contributed by atoms with E-state index in [9.17, 15) is 4.79 Å². The molecule has 4 aromatic rings. The quantitative estimate of drug-likeness (QED) is 0.317. The molecule has 0 bridgehead atoms. The second-order valence-corrected chi connectivity index (χ2v) is 9.85. The number of carbonyl (C=O) groups excluding carboxylic acids is 1. The van der Waals surface area contributed by atoms with Crippen molar-refractivity contribution in [2.75, 3.05) is 18.1 Å². The molecule has 0 saturated carbocycles. The van der Waals surface area contributed by atoms with E-state index in [1.165, 1.54) is 11.1 Å². The summed E-state index contributed by atoms with van der Waals surface area (Å²) in [5.74, 6) is 2.51. The average Bonchev–Trinajstić information content (AvgIpc) is 3.40. The van der Waals surface area contributed by atoms with E-state index in [1.54, 1.807) is 0 Å². The lowest BCUT2D eigenvalue weighted by atomic mass is 10.0. The minimum Gasteiger partial charge on any atom is -0.491 e. The Morgan fingerprint density at radius 3 is 2.60 bits per heavy atom. The molecule has 1 fully saturated rings. The van der Waals surface area contributed by atoms with E-state index < -0.39 is 0 Å². The van der Waals surface area contributed by atoms with Crippen molar-refractivity contribution in [1.82, 2.24) is 9.55 Å². The van der Waals surface area contributed by atoms with Gasteiger partial charge in [-0.05, 0) is 60.7 Å². The lowest BCUT2D eigenvalue weighted by Gasteiger charge is -2.19. The molecule has 1 atom stereocenters. The van der Waals surface area contributed by atoms with E-state index in [1.807, 2.05) is 41.3 Å². The fourth-order valence-electron chi connectivity index (χ4n) is 5.11. The molecule has 2 heterocycles. The number of imidazole rings is 1. The van der Waals surface area contributed by atoms with Gasteiger partial charge in [0.15, 0.2) is 0 Å². The summed E-state index contributed by atoms with van der Waals surface area (Å²) in [5, 5.41) is 0. The minimum atomic E-state index is 0.0414. The minimum absolute atomic E-state index is 0.0414. The summed E-state index contributed by atoms with van der Waals surface area (Å²) in [5.41, 5.74) is 6.57. The Morgan fingerprint density at radius 2 is 1.80 bits per heavy atom. The number of benzene rings is 3. The van der Waals surface area contributed by atoms with Crippen LogP contribution in [0, 0.1) is 13.8 Å². The van der Waals surface area contributed by atoms with Gasteiger partial charge in [-0.1, -0.05) is 56.3 Å². The normalized spacial score (nSPS) is 16.0. The van der Waals surface area contributed by atoms with Crippen LogP contribution >= 0.6 is 0 Å². The van der Waals surface area contributed by atoms with Crippen LogP contribution in [0.4, 0.5) is 5.69 Å². The number of amides is 1. The standard InChI is InChI=1S/C30H33N3O2/c1-20(2)24-14-13-21(3)17-28(24)35-16-15-32-27-12-8-6-10-25(27)31-30(32)23-18-29(34)33(19-23)26-11-7-5-9-22(26)4/h5-14,17,20,23H,15-16,18-19H2,1-4H3. The van der Waals surface area contributed by atoms with Gasteiger partial charge < -0.3 is 14.2 Å². The Bertz CT molecular complexity index is 1370. The van der Waals surface area contributed by atoms with Crippen LogP contribution in [0.15, 0.2) is 66.7 Å². The second kappa shape index (κ2) is 9.57. The predicted molar refractivity (Wildman–Crippen MR) is 141 cm³/mol. The average molecular weight is 468 g/mol. The number of anilines is 1. The van der Waals surface area contributed by atoms with Gasteiger partial charge in [0.2, 0.25) is 5.91 Å². The number of carbonyl (C=O) groups is 1. The summed E-state index contributed by atoms with van der Waals surface area (Å²) in [7, 11) is 0. The van der Waals surface area contributed by atoms with Crippen molar-refractivity contribution in [3.8, 4) is 5.75 Å². The molecule has 1 saturated heterocycles. The van der Waals surface area contributed by atoms with Crippen molar-refractivity contribution in [2.45, 2.75) is 52.5 Å².